The van der Waals surface area contributed by atoms with E-state index in [-0.39, 0.29) is 29.1 Å². The van der Waals surface area contributed by atoms with Crippen LogP contribution in [0.2, 0.25) is 0 Å². The van der Waals surface area contributed by atoms with Crippen LogP contribution in [0.25, 0.3) is 0 Å². The smallest absolute Gasteiger partial charge is 0.264 e. The van der Waals surface area contributed by atoms with Gasteiger partial charge in [-0.2, -0.15) is 0 Å². The maximum Gasteiger partial charge on any atom is 0.264 e. The summed E-state index contributed by atoms with van der Waals surface area (Å²) in [5, 5.41) is 2.99. The number of carbonyl (C=O) groups excluding carboxylic acids is 2. The minimum atomic E-state index is -4.18. The van der Waals surface area contributed by atoms with Crippen LogP contribution < -0.4 is 14.4 Å². The third-order valence-electron chi connectivity index (χ3n) is 6.90. The number of para-hydroxylation sites is 2. The van der Waals surface area contributed by atoms with Gasteiger partial charge in [-0.25, -0.2) is 8.42 Å². The Morgan fingerprint density at radius 3 is 2.12 bits per heavy atom. The predicted molar refractivity (Wildman–Crippen MR) is 162 cm³/mol. The number of rotatable bonds is 14. The second kappa shape index (κ2) is 14.7. The Hall–Kier alpha value is -3.85. The molecule has 1 N–H and O–H groups in total. The molecule has 3 aromatic rings. The van der Waals surface area contributed by atoms with E-state index in [0.717, 1.165) is 21.9 Å². The molecule has 0 aliphatic rings. The average molecular weight is 580 g/mol. The van der Waals surface area contributed by atoms with E-state index in [0.29, 0.717) is 18.8 Å². The van der Waals surface area contributed by atoms with Crippen molar-refractivity contribution >= 4 is 27.5 Å². The van der Waals surface area contributed by atoms with E-state index in [1.165, 1.54) is 17.0 Å². The number of nitrogens with one attached hydrogen (secondary N) is 1. The summed E-state index contributed by atoms with van der Waals surface area (Å²) in [6, 6.07) is 21.8. The monoisotopic (exact) mass is 579 g/mol. The molecule has 220 valence electrons. The van der Waals surface area contributed by atoms with Crippen LogP contribution in [0.15, 0.2) is 83.8 Å². The Bertz CT molecular complexity index is 1390. The Morgan fingerprint density at radius 2 is 1.51 bits per heavy atom. The van der Waals surface area contributed by atoms with E-state index < -0.39 is 28.5 Å². The summed E-state index contributed by atoms with van der Waals surface area (Å²) in [4.78, 5) is 29.1. The van der Waals surface area contributed by atoms with Gasteiger partial charge >= 0.3 is 0 Å². The number of sulfonamides is 1. The van der Waals surface area contributed by atoms with Crippen molar-refractivity contribution in [1.82, 2.24) is 10.2 Å². The van der Waals surface area contributed by atoms with Crippen molar-refractivity contribution in [3.63, 3.8) is 0 Å². The summed E-state index contributed by atoms with van der Waals surface area (Å²) >= 11 is 0. The molecule has 2 amide bonds. The first-order valence-corrected chi connectivity index (χ1v) is 15.5. The Kier molecular flexibility index (Phi) is 11.3. The number of hydrogen-bond donors (Lipinski definition) is 1. The molecule has 0 aliphatic carbocycles. The van der Waals surface area contributed by atoms with Crippen LogP contribution in [0.1, 0.15) is 51.7 Å². The van der Waals surface area contributed by atoms with Gasteiger partial charge in [0, 0.05) is 12.6 Å². The zero-order valence-electron chi connectivity index (χ0n) is 24.5. The van der Waals surface area contributed by atoms with E-state index in [9.17, 15) is 18.0 Å². The van der Waals surface area contributed by atoms with E-state index in [2.05, 4.69) is 5.32 Å². The summed E-state index contributed by atoms with van der Waals surface area (Å²) in [5.41, 5.74) is 1.99. The molecule has 3 rings (SSSR count). The lowest BCUT2D eigenvalue weighted by Gasteiger charge is -2.34. The fourth-order valence-corrected chi connectivity index (χ4v) is 5.86. The molecule has 0 aliphatic heterocycles. The van der Waals surface area contributed by atoms with Gasteiger partial charge in [-0.1, -0.05) is 74.0 Å². The minimum absolute atomic E-state index is 0.0540. The SMILES string of the molecule is CCOc1ccccc1N(CC(=O)N(Cc1ccccc1)C(CC)C(=O)NC(C)CC)S(=O)(=O)c1ccc(C)cc1. The van der Waals surface area contributed by atoms with Crippen LogP contribution in [0.3, 0.4) is 0 Å². The fraction of sp³-hybridized carbons (Fsp3) is 0.375. The van der Waals surface area contributed by atoms with Gasteiger partial charge in [0.05, 0.1) is 17.2 Å². The summed E-state index contributed by atoms with van der Waals surface area (Å²) in [7, 11) is -4.18. The van der Waals surface area contributed by atoms with Crippen LogP contribution in [0, 0.1) is 6.92 Å². The normalized spacial score (nSPS) is 12.7. The average Bonchev–Trinajstić information content (AvgIpc) is 2.97. The van der Waals surface area contributed by atoms with Crippen LogP contribution in [-0.4, -0.2) is 50.4 Å². The second-order valence-corrected chi connectivity index (χ2v) is 11.8. The zero-order chi connectivity index (χ0) is 30.0. The van der Waals surface area contributed by atoms with Crippen molar-refractivity contribution in [1.29, 1.82) is 0 Å². The number of amides is 2. The van der Waals surface area contributed by atoms with Gasteiger partial charge in [-0.15, -0.1) is 0 Å². The molecule has 0 fully saturated rings. The number of nitrogens with zero attached hydrogens (tertiary/aromatic N) is 2. The molecular formula is C32H41N3O5S. The highest BCUT2D eigenvalue weighted by Gasteiger charge is 2.35. The first kappa shape index (κ1) is 31.7. The zero-order valence-corrected chi connectivity index (χ0v) is 25.4. The first-order valence-electron chi connectivity index (χ1n) is 14.1. The van der Waals surface area contributed by atoms with Gasteiger partial charge in [0.1, 0.15) is 18.3 Å². The molecule has 8 nitrogen and oxygen atoms in total. The molecule has 0 saturated carbocycles. The Labute approximate surface area is 244 Å². The van der Waals surface area contributed by atoms with Gasteiger partial charge in [0.2, 0.25) is 11.8 Å². The maximum atomic E-state index is 14.2. The molecule has 0 saturated heterocycles. The van der Waals surface area contributed by atoms with Gasteiger partial charge in [-0.3, -0.25) is 13.9 Å². The van der Waals surface area contributed by atoms with Crippen LogP contribution in [0.4, 0.5) is 5.69 Å². The van der Waals surface area contributed by atoms with Crippen LogP contribution in [0.5, 0.6) is 5.75 Å². The third kappa shape index (κ3) is 8.10. The fourth-order valence-electron chi connectivity index (χ4n) is 4.43. The summed E-state index contributed by atoms with van der Waals surface area (Å²) in [5.74, 6) is -0.426. The highest BCUT2D eigenvalue weighted by molar-refractivity contribution is 7.92. The molecule has 0 heterocycles. The highest BCUT2D eigenvalue weighted by atomic mass is 32.2. The predicted octanol–water partition coefficient (Wildman–Crippen LogP) is 5.31. The van der Waals surface area contributed by atoms with Crippen molar-refractivity contribution in [3.05, 3.63) is 90.0 Å². The maximum absolute atomic E-state index is 14.2. The first-order chi connectivity index (χ1) is 19.6. The number of aryl methyl sites for hydroxylation is 1. The number of ether oxygens (including phenoxy) is 1. The molecule has 0 bridgehead atoms. The molecule has 0 spiro atoms. The summed E-state index contributed by atoms with van der Waals surface area (Å²) in [6.07, 6.45) is 1.10. The molecular weight excluding hydrogens is 538 g/mol. The standard InChI is InChI=1S/C32H41N3O5S/c1-6-25(5)33-32(37)28(7-2)34(22-26-14-10-9-11-15-26)31(36)23-35(29-16-12-13-17-30(29)40-8-3)41(38,39)27-20-18-24(4)19-21-27/h9-21,25,28H,6-8,22-23H2,1-5H3,(H,33,37). The lowest BCUT2D eigenvalue weighted by atomic mass is 10.1. The summed E-state index contributed by atoms with van der Waals surface area (Å²) < 4.78 is 35.0. The van der Waals surface area contributed by atoms with Gasteiger partial charge in [-0.05, 0) is 63.4 Å². The van der Waals surface area contributed by atoms with Gasteiger partial charge < -0.3 is 15.0 Å². The number of benzene rings is 3. The van der Waals surface area contributed by atoms with E-state index >= 15 is 0 Å². The molecule has 3 aromatic carbocycles. The number of anilines is 1. The highest BCUT2D eigenvalue weighted by Crippen LogP contribution is 2.33. The minimum Gasteiger partial charge on any atom is -0.492 e. The Morgan fingerprint density at radius 1 is 0.878 bits per heavy atom. The third-order valence-corrected chi connectivity index (χ3v) is 8.68. The second-order valence-electron chi connectivity index (χ2n) is 9.97. The lowest BCUT2D eigenvalue weighted by Crippen LogP contribution is -2.53. The van der Waals surface area contributed by atoms with Crippen LogP contribution in [-0.2, 0) is 26.2 Å². The Balaban J connectivity index is 2.09. The molecule has 41 heavy (non-hydrogen) atoms. The van der Waals surface area contributed by atoms with Crippen molar-refractivity contribution < 1.29 is 22.7 Å². The molecule has 2 unspecified atom stereocenters. The number of carbonyl (C=O) groups is 2. The molecule has 0 aromatic heterocycles. The topological polar surface area (TPSA) is 96.0 Å². The quantitative estimate of drug-likeness (QED) is 0.279. The largest absolute Gasteiger partial charge is 0.492 e. The van der Waals surface area contributed by atoms with Gasteiger partial charge in [0.15, 0.2) is 0 Å². The molecule has 0 radical (unpaired) electrons. The van der Waals surface area contributed by atoms with E-state index in [1.807, 2.05) is 65.0 Å². The number of hydrogen-bond acceptors (Lipinski definition) is 5. The summed E-state index contributed by atoms with van der Waals surface area (Å²) in [6.45, 7) is 9.37. The van der Waals surface area contributed by atoms with E-state index in [4.69, 9.17) is 4.74 Å². The van der Waals surface area contributed by atoms with Crippen LogP contribution >= 0.6 is 0 Å². The van der Waals surface area contributed by atoms with Gasteiger partial charge in [0.25, 0.3) is 10.0 Å². The van der Waals surface area contributed by atoms with Crippen molar-refractivity contribution in [2.45, 2.75) is 71.0 Å². The molecule has 2 atom stereocenters. The lowest BCUT2D eigenvalue weighted by molar-refractivity contribution is -0.140. The van der Waals surface area contributed by atoms with Crippen molar-refractivity contribution in [2.24, 2.45) is 0 Å². The van der Waals surface area contributed by atoms with Crippen molar-refractivity contribution in [3.8, 4) is 5.75 Å². The van der Waals surface area contributed by atoms with Crippen molar-refractivity contribution in [2.75, 3.05) is 17.5 Å². The molecule has 9 heteroatoms. The van der Waals surface area contributed by atoms with E-state index in [1.54, 1.807) is 36.4 Å².